The van der Waals surface area contributed by atoms with Gasteiger partial charge in [-0.2, -0.15) is 0 Å². The maximum atomic E-state index is 12.2. The first-order valence-corrected chi connectivity index (χ1v) is 6.07. The van der Waals surface area contributed by atoms with E-state index in [0.29, 0.717) is 19.5 Å². The highest BCUT2D eigenvalue weighted by Gasteiger charge is 2.13. The van der Waals surface area contributed by atoms with Crippen LogP contribution in [0, 0.1) is 13.8 Å². The average Bonchev–Trinajstić information content (AvgIpc) is 2.33. The first-order valence-electron chi connectivity index (χ1n) is 6.07. The maximum Gasteiger partial charge on any atom is 0.253 e. The zero-order valence-electron chi connectivity index (χ0n) is 10.9. The summed E-state index contributed by atoms with van der Waals surface area (Å²) in [6.45, 7) is 7.40. The van der Waals surface area contributed by atoms with Crippen molar-refractivity contribution in [2.45, 2.75) is 27.2 Å². The molecular formula is C14H21NO2. The normalized spacial score (nSPS) is 10.4. The predicted octanol–water partition coefficient (Wildman–Crippen LogP) is 2.15. The molecule has 1 aromatic carbocycles. The van der Waals surface area contributed by atoms with Gasteiger partial charge in [-0.15, -0.1) is 0 Å². The molecule has 0 unspecified atom stereocenters. The zero-order valence-corrected chi connectivity index (χ0v) is 10.9. The molecule has 17 heavy (non-hydrogen) atoms. The number of rotatable bonds is 5. The molecule has 0 aliphatic rings. The summed E-state index contributed by atoms with van der Waals surface area (Å²) < 4.78 is 0. The van der Waals surface area contributed by atoms with E-state index in [0.717, 1.165) is 11.1 Å². The van der Waals surface area contributed by atoms with E-state index in [2.05, 4.69) is 0 Å². The molecule has 0 aromatic heterocycles. The van der Waals surface area contributed by atoms with Crippen molar-refractivity contribution in [1.29, 1.82) is 0 Å². The lowest BCUT2D eigenvalue weighted by molar-refractivity contribution is 0.0754. The summed E-state index contributed by atoms with van der Waals surface area (Å²) in [5.74, 6) is 0.0454. The fourth-order valence-corrected chi connectivity index (χ4v) is 1.72. The lowest BCUT2D eigenvalue weighted by Gasteiger charge is -2.20. The second kappa shape index (κ2) is 6.40. The minimum Gasteiger partial charge on any atom is -0.396 e. The number of hydrogen-bond acceptors (Lipinski definition) is 2. The van der Waals surface area contributed by atoms with Crippen LogP contribution in [-0.4, -0.2) is 35.6 Å². The van der Waals surface area contributed by atoms with Crippen molar-refractivity contribution < 1.29 is 9.90 Å². The Kier molecular flexibility index (Phi) is 5.16. The van der Waals surface area contributed by atoms with Gasteiger partial charge in [-0.1, -0.05) is 6.07 Å². The van der Waals surface area contributed by atoms with E-state index in [9.17, 15) is 4.79 Å². The fraction of sp³-hybridized carbons (Fsp3) is 0.500. The van der Waals surface area contributed by atoms with Gasteiger partial charge in [0.05, 0.1) is 0 Å². The molecule has 1 rings (SSSR count). The molecule has 3 nitrogen and oxygen atoms in total. The van der Waals surface area contributed by atoms with Crippen molar-refractivity contribution in [3.63, 3.8) is 0 Å². The van der Waals surface area contributed by atoms with Crippen LogP contribution in [0.25, 0.3) is 0 Å². The highest BCUT2D eigenvalue weighted by atomic mass is 16.3. The van der Waals surface area contributed by atoms with Gasteiger partial charge in [0.2, 0.25) is 0 Å². The van der Waals surface area contributed by atoms with Crippen LogP contribution < -0.4 is 0 Å². The first kappa shape index (κ1) is 13.7. The fourth-order valence-electron chi connectivity index (χ4n) is 1.72. The second-order valence-corrected chi connectivity index (χ2v) is 4.26. The van der Waals surface area contributed by atoms with Crippen LogP contribution in [0.15, 0.2) is 18.2 Å². The predicted molar refractivity (Wildman–Crippen MR) is 69.2 cm³/mol. The molecule has 0 saturated heterocycles. The molecular weight excluding hydrogens is 214 g/mol. The van der Waals surface area contributed by atoms with Crippen molar-refractivity contribution in [2.24, 2.45) is 0 Å². The van der Waals surface area contributed by atoms with Gasteiger partial charge in [-0.05, 0) is 50.5 Å². The van der Waals surface area contributed by atoms with Gasteiger partial charge in [-0.3, -0.25) is 4.79 Å². The number of hydrogen-bond donors (Lipinski definition) is 1. The van der Waals surface area contributed by atoms with Gasteiger partial charge in [-0.25, -0.2) is 0 Å². The molecule has 1 amide bonds. The summed E-state index contributed by atoms with van der Waals surface area (Å²) in [5, 5.41) is 8.81. The highest BCUT2D eigenvalue weighted by Crippen LogP contribution is 2.12. The Bertz CT molecular complexity index is 388. The number of aliphatic hydroxyl groups excluding tert-OH is 1. The Labute approximate surface area is 103 Å². The Hall–Kier alpha value is -1.35. The molecule has 0 heterocycles. The third-order valence-corrected chi connectivity index (χ3v) is 3.01. The Morgan fingerprint density at radius 2 is 2.00 bits per heavy atom. The van der Waals surface area contributed by atoms with Crippen LogP contribution in [0.5, 0.6) is 0 Å². The lowest BCUT2D eigenvalue weighted by Crippen LogP contribution is -2.32. The van der Waals surface area contributed by atoms with E-state index in [1.807, 2.05) is 39.0 Å². The third kappa shape index (κ3) is 3.56. The maximum absolute atomic E-state index is 12.2. The average molecular weight is 235 g/mol. The Balaban J connectivity index is 2.82. The molecule has 0 aliphatic carbocycles. The van der Waals surface area contributed by atoms with Gasteiger partial charge in [0.25, 0.3) is 5.91 Å². The molecule has 0 aliphatic heterocycles. The molecule has 0 radical (unpaired) electrons. The molecule has 1 aromatic rings. The number of carbonyl (C=O) groups is 1. The number of aryl methyl sites for hydroxylation is 2. The van der Waals surface area contributed by atoms with Gasteiger partial charge >= 0.3 is 0 Å². The van der Waals surface area contributed by atoms with Crippen LogP contribution >= 0.6 is 0 Å². The monoisotopic (exact) mass is 235 g/mol. The van der Waals surface area contributed by atoms with Crippen LogP contribution in [0.1, 0.15) is 34.8 Å². The minimum atomic E-state index is 0.0454. The Morgan fingerprint density at radius 1 is 1.29 bits per heavy atom. The summed E-state index contributed by atoms with van der Waals surface area (Å²) in [6.07, 6.45) is 0.629. The quantitative estimate of drug-likeness (QED) is 0.849. The topological polar surface area (TPSA) is 40.5 Å². The van der Waals surface area contributed by atoms with Gasteiger partial charge in [0.1, 0.15) is 0 Å². The number of aliphatic hydroxyl groups is 1. The number of nitrogens with zero attached hydrogens (tertiary/aromatic N) is 1. The third-order valence-electron chi connectivity index (χ3n) is 3.01. The molecule has 1 N–H and O–H groups in total. The largest absolute Gasteiger partial charge is 0.396 e. The second-order valence-electron chi connectivity index (χ2n) is 4.26. The van der Waals surface area contributed by atoms with E-state index >= 15 is 0 Å². The van der Waals surface area contributed by atoms with Crippen LogP contribution in [0.2, 0.25) is 0 Å². The van der Waals surface area contributed by atoms with Crippen molar-refractivity contribution in [3.05, 3.63) is 34.9 Å². The summed E-state index contributed by atoms with van der Waals surface area (Å²) in [7, 11) is 0. The van der Waals surface area contributed by atoms with E-state index < -0.39 is 0 Å². The van der Waals surface area contributed by atoms with E-state index in [1.54, 1.807) is 4.90 Å². The molecule has 0 spiro atoms. The minimum absolute atomic E-state index is 0.0454. The molecule has 0 saturated carbocycles. The van der Waals surface area contributed by atoms with Crippen molar-refractivity contribution >= 4 is 5.91 Å². The van der Waals surface area contributed by atoms with Gasteiger partial charge < -0.3 is 10.0 Å². The van der Waals surface area contributed by atoms with Crippen LogP contribution in [-0.2, 0) is 0 Å². The van der Waals surface area contributed by atoms with E-state index in [4.69, 9.17) is 5.11 Å². The lowest BCUT2D eigenvalue weighted by atomic mass is 10.1. The number of carbonyl (C=O) groups excluding carboxylic acids is 1. The molecule has 0 atom stereocenters. The summed E-state index contributed by atoms with van der Waals surface area (Å²) in [4.78, 5) is 14.0. The molecule has 0 bridgehead atoms. The first-order chi connectivity index (χ1) is 8.10. The summed E-state index contributed by atoms with van der Waals surface area (Å²) in [6, 6.07) is 5.77. The SMILES string of the molecule is CCN(CCCO)C(=O)c1ccc(C)c(C)c1. The molecule has 0 fully saturated rings. The van der Waals surface area contributed by atoms with E-state index in [1.165, 1.54) is 5.56 Å². The van der Waals surface area contributed by atoms with Crippen molar-refractivity contribution in [3.8, 4) is 0 Å². The number of amides is 1. The molecule has 94 valence electrons. The Morgan fingerprint density at radius 3 is 2.53 bits per heavy atom. The van der Waals surface area contributed by atoms with Crippen molar-refractivity contribution in [2.75, 3.05) is 19.7 Å². The van der Waals surface area contributed by atoms with Crippen molar-refractivity contribution in [1.82, 2.24) is 4.90 Å². The smallest absolute Gasteiger partial charge is 0.253 e. The summed E-state index contributed by atoms with van der Waals surface area (Å²) >= 11 is 0. The van der Waals surface area contributed by atoms with Gasteiger partial charge in [0, 0.05) is 25.3 Å². The zero-order chi connectivity index (χ0) is 12.8. The highest BCUT2D eigenvalue weighted by molar-refractivity contribution is 5.94. The van der Waals surface area contributed by atoms with Crippen LogP contribution in [0.4, 0.5) is 0 Å². The standard InChI is InChI=1S/C14H21NO2/c1-4-15(8-5-9-16)14(17)13-7-6-11(2)12(3)10-13/h6-7,10,16H,4-5,8-9H2,1-3H3. The van der Waals surface area contributed by atoms with Gasteiger partial charge in [0.15, 0.2) is 0 Å². The summed E-state index contributed by atoms with van der Waals surface area (Å²) in [5.41, 5.74) is 3.06. The van der Waals surface area contributed by atoms with E-state index in [-0.39, 0.29) is 12.5 Å². The molecule has 3 heteroatoms. The van der Waals surface area contributed by atoms with Crippen LogP contribution in [0.3, 0.4) is 0 Å². The number of benzene rings is 1.